The third kappa shape index (κ3) is 3.13. The Bertz CT molecular complexity index is 1260. The van der Waals surface area contributed by atoms with Gasteiger partial charge in [-0.05, 0) is 56.0 Å². The van der Waals surface area contributed by atoms with Crippen molar-refractivity contribution in [1.29, 1.82) is 0 Å². The number of anilines is 1. The molecule has 0 aromatic heterocycles. The maximum Gasteiger partial charge on any atom is 0.216 e. The summed E-state index contributed by atoms with van der Waals surface area (Å²) in [4.78, 5) is 13.5. The normalized spacial score (nSPS) is 23.4. The zero-order valence-corrected chi connectivity index (χ0v) is 19.6. The highest BCUT2D eigenvalue weighted by Gasteiger charge is 2.68. The second-order valence-electron chi connectivity index (χ2n) is 8.79. The Morgan fingerprint density at radius 2 is 1.67 bits per heavy atom. The number of Topliss-reactive ketones (excluding diaryl/α,β-unsaturated/α-hetero) is 1. The largest absolute Gasteiger partial charge is 0.483 e. The Labute approximate surface area is 202 Å². The number of rotatable bonds is 2. The average Bonchev–Trinajstić information content (AvgIpc) is 3.27. The van der Waals surface area contributed by atoms with Gasteiger partial charge in [0.15, 0.2) is 5.60 Å². The SMILES string of the molecule is O=C1c2ccccc2OC2(CCCCC2)[C@@]12SC(c1ccccc1)=NN2c1cccc(Cl)c1. The van der Waals surface area contributed by atoms with Crippen molar-refractivity contribution in [3.8, 4) is 5.75 Å². The van der Waals surface area contributed by atoms with Crippen molar-refractivity contribution in [2.75, 3.05) is 5.01 Å². The van der Waals surface area contributed by atoms with Gasteiger partial charge in [0.05, 0.1) is 11.3 Å². The van der Waals surface area contributed by atoms with Crippen molar-refractivity contribution in [3.05, 3.63) is 95.0 Å². The molecule has 2 spiro atoms. The molecule has 1 fully saturated rings. The number of ether oxygens (including phenoxy) is 1. The topological polar surface area (TPSA) is 41.9 Å². The minimum absolute atomic E-state index is 0.0471. The van der Waals surface area contributed by atoms with E-state index in [0.29, 0.717) is 16.3 Å². The summed E-state index contributed by atoms with van der Waals surface area (Å²) in [7, 11) is 0. The van der Waals surface area contributed by atoms with Crippen LogP contribution < -0.4 is 9.75 Å². The van der Waals surface area contributed by atoms with Gasteiger partial charge in [0, 0.05) is 10.6 Å². The van der Waals surface area contributed by atoms with Crippen molar-refractivity contribution in [1.82, 2.24) is 0 Å². The standard InChI is InChI=1S/C27H23ClN2O2S/c28-20-12-9-13-21(18-20)30-27(33-25(29-30)19-10-3-1-4-11-19)24(31)22-14-5-6-15-23(22)32-26(27)16-7-2-8-17-26/h1,3-6,9-15,18H,2,7-8,16-17H2/t27-/m0/s1. The molecule has 33 heavy (non-hydrogen) atoms. The van der Waals surface area contributed by atoms with Gasteiger partial charge in [0.25, 0.3) is 0 Å². The van der Waals surface area contributed by atoms with Gasteiger partial charge in [0.2, 0.25) is 10.7 Å². The predicted octanol–water partition coefficient (Wildman–Crippen LogP) is 6.93. The second-order valence-corrected chi connectivity index (χ2v) is 10.4. The molecule has 0 N–H and O–H groups in total. The van der Waals surface area contributed by atoms with E-state index in [1.54, 1.807) is 0 Å². The molecule has 3 aromatic rings. The highest BCUT2D eigenvalue weighted by molar-refractivity contribution is 8.16. The van der Waals surface area contributed by atoms with Gasteiger partial charge in [-0.15, -0.1) is 0 Å². The number of hydrogen-bond donors (Lipinski definition) is 0. The number of para-hydroxylation sites is 1. The molecule has 0 amide bonds. The number of halogens is 1. The van der Waals surface area contributed by atoms with E-state index in [-0.39, 0.29) is 5.78 Å². The highest BCUT2D eigenvalue weighted by Crippen LogP contribution is 2.59. The van der Waals surface area contributed by atoms with Crippen LogP contribution in [0.5, 0.6) is 5.75 Å². The van der Waals surface area contributed by atoms with E-state index in [9.17, 15) is 4.79 Å². The molecule has 3 aromatic carbocycles. The van der Waals surface area contributed by atoms with Crippen LogP contribution in [0.15, 0.2) is 84.0 Å². The van der Waals surface area contributed by atoms with Crippen molar-refractivity contribution >= 4 is 39.9 Å². The van der Waals surface area contributed by atoms with Crippen molar-refractivity contribution < 1.29 is 9.53 Å². The third-order valence-electron chi connectivity index (χ3n) is 6.83. The first-order chi connectivity index (χ1) is 16.1. The van der Waals surface area contributed by atoms with Crippen LogP contribution in [0, 0.1) is 0 Å². The summed E-state index contributed by atoms with van der Waals surface area (Å²) in [5, 5.41) is 8.40. The van der Waals surface area contributed by atoms with Crippen LogP contribution in [0.3, 0.4) is 0 Å². The summed E-state index contributed by atoms with van der Waals surface area (Å²) in [6, 6.07) is 25.3. The zero-order valence-electron chi connectivity index (χ0n) is 18.0. The second kappa shape index (κ2) is 7.93. The number of fused-ring (bicyclic) bond motifs is 2. The molecule has 166 valence electrons. The Kier molecular flexibility index (Phi) is 5.00. The molecular weight excluding hydrogens is 452 g/mol. The Morgan fingerprint density at radius 1 is 0.909 bits per heavy atom. The molecule has 0 saturated heterocycles. The van der Waals surface area contributed by atoms with Crippen molar-refractivity contribution in [3.63, 3.8) is 0 Å². The lowest BCUT2D eigenvalue weighted by molar-refractivity contribution is -0.0118. The lowest BCUT2D eigenvalue weighted by Gasteiger charge is -2.54. The number of carbonyl (C=O) groups excluding carboxylic acids is 1. The molecule has 1 aliphatic carbocycles. The fourth-order valence-electron chi connectivity index (χ4n) is 5.31. The van der Waals surface area contributed by atoms with Gasteiger partial charge in [-0.1, -0.05) is 78.3 Å². The summed E-state index contributed by atoms with van der Waals surface area (Å²) < 4.78 is 6.85. The molecule has 0 radical (unpaired) electrons. The maximum atomic E-state index is 14.5. The van der Waals surface area contributed by atoms with Crippen molar-refractivity contribution in [2.45, 2.75) is 42.6 Å². The van der Waals surface area contributed by atoms with Gasteiger partial charge in [-0.2, -0.15) is 5.10 Å². The molecule has 1 saturated carbocycles. The van der Waals surface area contributed by atoms with Crippen LogP contribution in [0.1, 0.15) is 48.0 Å². The molecule has 4 nitrogen and oxygen atoms in total. The number of ketones is 1. The molecule has 1 atom stereocenters. The van der Waals surface area contributed by atoms with Crippen molar-refractivity contribution in [2.24, 2.45) is 5.10 Å². The molecule has 3 aliphatic rings. The van der Waals surface area contributed by atoms with E-state index in [4.69, 9.17) is 21.4 Å². The number of thioether (sulfide) groups is 1. The molecule has 2 aliphatic heterocycles. The van der Waals surface area contributed by atoms with E-state index in [1.807, 2.05) is 83.9 Å². The lowest BCUT2D eigenvalue weighted by Crippen LogP contribution is -2.69. The summed E-state index contributed by atoms with van der Waals surface area (Å²) in [5.74, 6) is 0.723. The first kappa shape index (κ1) is 20.8. The first-order valence-corrected chi connectivity index (χ1v) is 12.5. The van der Waals surface area contributed by atoms with E-state index < -0.39 is 10.5 Å². The maximum absolute atomic E-state index is 14.5. The van der Waals surface area contributed by atoms with E-state index in [0.717, 1.165) is 48.4 Å². The van der Waals surface area contributed by atoms with Crippen LogP contribution in [0.25, 0.3) is 0 Å². The molecule has 0 unspecified atom stereocenters. The Morgan fingerprint density at radius 3 is 2.45 bits per heavy atom. The predicted molar refractivity (Wildman–Crippen MR) is 134 cm³/mol. The number of hydrogen-bond acceptors (Lipinski definition) is 5. The molecule has 0 bridgehead atoms. The highest BCUT2D eigenvalue weighted by atomic mass is 35.5. The first-order valence-electron chi connectivity index (χ1n) is 11.3. The summed E-state index contributed by atoms with van der Waals surface area (Å²) in [6.07, 6.45) is 4.78. The fourth-order valence-corrected chi connectivity index (χ4v) is 7.02. The van der Waals surface area contributed by atoms with Crippen LogP contribution >= 0.6 is 23.4 Å². The third-order valence-corrected chi connectivity index (χ3v) is 8.60. The van der Waals surface area contributed by atoms with Gasteiger partial charge < -0.3 is 4.74 Å². The monoisotopic (exact) mass is 474 g/mol. The van der Waals surface area contributed by atoms with Gasteiger partial charge in [-0.25, -0.2) is 5.01 Å². The summed E-state index contributed by atoms with van der Waals surface area (Å²) in [6.45, 7) is 0. The average molecular weight is 475 g/mol. The molecular formula is C27H23ClN2O2S. The summed E-state index contributed by atoms with van der Waals surface area (Å²) >= 11 is 7.93. The van der Waals surface area contributed by atoms with Gasteiger partial charge in [-0.3, -0.25) is 4.79 Å². The van der Waals surface area contributed by atoms with Gasteiger partial charge in [0.1, 0.15) is 10.8 Å². The number of benzene rings is 3. The minimum Gasteiger partial charge on any atom is -0.483 e. The smallest absolute Gasteiger partial charge is 0.216 e. The molecule has 2 heterocycles. The molecule has 6 heteroatoms. The fraction of sp³-hybridized carbons (Fsp3) is 0.259. The Hall–Kier alpha value is -2.76. The number of nitrogens with zero attached hydrogens (tertiary/aromatic N) is 2. The quantitative estimate of drug-likeness (QED) is 0.404. The Balaban J connectivity index is 1.60. The van der Waals surface area contributed by atoms with Gasteiger partial charge >= 0.3 is 0 Å². The van der Waals surface area contributed by atoms with Crippen LogP contribution in [-0.4, -0.2) is 21.3 Å². The van der Waals surface area contributed by atoms with Crippen LogP contribution in [-0.2, 0) is 0 Å². The van der Waals surface area contributed by atoms with Crippen LogP contribution in [0.2, 0.25) is 5.02 Å². The van der Waals surface area contributed by atoms with E-state index in [1.165, 1.54) is 11.8 Å². The number of hydrazone groups is 1. The van der Waals surface area contributed by atoms with E-state index >= 15 is 0 Å². The van der Waals surface area contributed by atoms with E-state index in [2.05, 4.69) is 0 Å². The molecule has 6 rings (SSSR count). The number of carbonyl (C=O) groups is 1. The zero-order chi connectivity index (χ0) is 22.5. The van der Waals surface area contributed by atoms with Crippen LogP contribution in [0.4, 0.5) is 5.69 Å². The minimum atomic E-state index is -1.04. The lowest BCUT2D eigenvalue weighted by atomic mass is 9.73. The summed E-state index contributed by atoms with van der Waals surface area (Å²) in [5.41, 5.74) is 1.70.